The summed E-state index contributed by atoms with van der Waals surface area (Å²) in [6.07, 6.45) is 4.79. The maximum absolute atomic E-state index is 13.2. The van der Waals surface area contributed by atoms with Crippen LogP contribution in [-0.4, -0.2) is 68.4 Å². The molecule has 166 valence electrons. The van der Waals surface area contributed by atoms with Crippen molar-refractivity contribution in [3.63, 3.8) is 0 Å². The summed E-state index contributed by atoms with van der Waals surface area (Å²) >= 11 is 1.48. The summed E-state index contributed by atoms with van der Waals surface area (Å²) in [5.41, 5.74) is 2.01. The summed E-state index contributed by atoms with van der Waals surface area (Å²) in [5.74, 6) is 1.39. The van der Waals surface area contributed by atoms with Gasteiger partial charge in [-0.05, 0) is 50.9 Å². The fourth-order valence-corrected chi connectivity index (χ4v) is 5.61. The second-order valence-corrected chi connectivity index (χ2v) is 9.47. The van der Waals surface area contributed by atoms with Gasteiger partial charge < -0.3 is 9.80 Å². The zero-order valence-corrected chi connectivity index (χ0v) is 19.1. The molecule has 6 nitrogen and oxygen atoms in total. The third-order valence-corrected chi connectivity index (χ3v) is 7.28. The maximum atomic E-state index is 13.2. The van der Waals surface area contributed by atoms with E-state index in [2.05, 4.69) is 24.6 Å². The molecule has 0 radical (unpaired) electrons. The minimum absolute atomic E-state index is 0.209. The van der Waals surface area contributed by atoms with Gasteiger partial charge in [0.1, 0.15) is 0 Å². The number of aromatic nitrogens is 3. The van der Waals surface area contributed by atoms with Crippen LogP contribution in [-0.2, 0) is 4.79 Å². The number of thioether (sulfide) groups is 1. The number of nitrogens with zero attached hydrogens (tertiary/aromatic N) is 5. The topological polar surface area (TPSA) is 54.3 Å². The lowest BCUT2D eigenvalue weighted by Gasteiger charge is -2.28. The zero-order chi connectivity index (χ0) is 21.8. The molecule has 7 heteroatoms. The fraction of sp³-hybridized carbons (Fsp3) is 0.400. The average molecular weight is 448 g/mol. The van der Waals surface area contributed by atoms with Crippen molar-refractivity contribution in [2.24, 2.45) is 0 Å². The van der Waals surface area contributed by atoms with E-state index in [1.54, 1.807) is 0 Å². The van der Waals surface area contributed by atoms with Crippen molar-refractivity contribution in [1.82, 2.24) is 24.6 Å². The van der Waals surface area contributed by atoms with Crippen molar-refractivity contribution >= 4 is 17.7 Å². The van der Waals surface area contributed by atoms with Crippen molar-refractivity contribution in [1.29, 1.82) is 0 Å². The highest BCUT2D eigenvalue weighted by Crippen LogP contribution is 2.29. The predicted molar refractivity (Wildman–Crippen MR) is 128 cm³/mol. The minimum atomic E-state index is 0.209. The molecular weight excluding hydrogens is 418 g/mol. The van der Waals surface area contributed by atoms with E-state index < -0.39 is 0 Å². The van der Waals surface area contributed by atoms with E-state index in [1.165, 1.54) is 37.7 Å². The maximum Gasteiger partial charge on any atom is 0.233 e. The molecule has 2 aliphatic heterocycles. The molecule has 0 bridgehead atoms. The van der Waals surface area contributed by atoms with Gasteiger partial charge in [-0.1, -0.05) is 60.3 Å². The molecule has 32 heavy (non-hydrogen) atoms. The van der Waals surface area contributed by atoms with Gasteiger partial charge in [-0.3, -0.25) is 9.36 Å². The van der Waals surface area contributed by atoms with E-state index in [9.17, 15) is 4.79 Å². The Morgan fingerprint density at radius 1 is 0.906 bits per heavy atom. The van der Waals surface area contributed by atoms with Gasteiger partial charge in [0.2, 0.25) is 5.91 Å². The molecule has 0 N–H and O–H groups in total. The molecule has 0 saturated carbocycles. The molecule has 5 rings (SSSR count). The fourth-order valence-electron chi connectivity index (χ4n) is 4.77. The monoisotopic (exact) mass is 447 g/mol. The SMILES string of the molecule is O=C(CSc1nnc(-c2ccccc2)n1-c1ccccc1)N1CCCC1CN1CCCC1. The Kier molecular flexibility index (Phi) is 6.55. The van der Waals surface area contributed by atoms with E-state index in [0.717, 1.165) is 48.2 Å². The minimum Gasteiger partial charge on any atom is -0.338 e. The van der Waals surface area contributed by atoms with Crippen LogP contribution in [0.15, 0.2) is 65.8 Å². The molecule has 2 aliphatic rings. The Morgan fingerprint density at radius 3 is 2.38 bits per heavy atom. The van der Waals surface area contributed by atoms with Crippen molar-refractivity contribution in [2.45, 2.75) is 36.9 Å². The molecular formula is C25H29N5OS. The summed E-state index contributed by atoms with van der Waals surface area (Å²) in [4.78, 5) is 17.8. The van der Waals surface area contributed by atoms with E-state index in [1.807, 2.05) is 60.7 Å². The van der Waals surface area contributed by atoms with Crippen LogP contribution < -0.4 is 0 Å². The number of hydrogen-bond donors (Lipinski definition) is 0. The molecule has 0 aliphatic carbocycles. The van der Waals surface area contributed by atoms with Gasteiger partial charge in [0, 0.05) is 30.4 Å². The summed E-state index contributed by atoms with van der Waals surface area (Å²) < 4.78 is 2.05. The second kappa shape index (κ2) is 9.88. The lowest BCUT2D eigenvalue weighted by Crippen LogP contribution is -2.43. The highest BCUT2D eigenvalue weighted by atomic mass is 32.2. The first kappa shape index (κ1) is 21.2. The lowest BCUT2D eigenvalue weighted by atomic mass is 10.2. The molecule has 2 aromatic carbocycles. The number of likely N-dealkylation sites (tertiary alicyclic amines) is 2. The van der Waals surface area contributed by atoms with Gasteiger partial charge in [-0.15, -0.1) is 10.2 Å². The van der Waals surface area contributed by atoms with E-state index >= 15 is 0 Å². The average Bonchev–Trinajstić information content (AvgIpc) is 3.60. The number of rotatable bonds is 7. The standard InChI is InChI=1S/C25H29N5OS/c31-23(29-17-9-14-22(29)18-28-15-7-8-16-28)19-32-25-27-26-24(20-10-3-1-4-11-20)30(25)21-12-5-2-6-13-21/h1-6,10-13,22H,7-9,14-19H2. The number of carbonyl (C=O) groups is 1. The number of carbonyl (C=O) groups excluding carboxylic acids is 1. The molecule has 2 fully saturated rings. The van der Waals surface area contributed by atoms with Crippen LogP contribution in [0.5, 0.6) is 0 Å². The number of amides is 1. The van der Waals surface area contributed by atoms with E-state index in [0.29, 0.717) is 11.8 Å². The van der Waals surface area contributed by atoms with Crippen molar-refractivity contribution in [3.8, 4) is 17.1 Å². The predicted octanol–water partition coefficient (Wildman–Crippen LogP) is 4.11. The molecule has 0 spiro atoms. The third-order valence-electron chi connectivity index (χ3n) is 6.37. The highest BCUT2D eigenvalue weighted by Gasteiger charge is 2.31. The highest BCUT2D eigenvalue weighted by molar-refractivity contribution is 7.99. The van der Waals surface area contributed by atoms with Gasteiger partial charge in [0.05, 0.1) is 5.75 Å². The number of hydrogen-bond acceptors (Lipinski definition) is 5. The summed E-state index contributed by atoms with van der Waals surface area (Å²) in [6.45, 7) is 4.25. The Bertz CT molecular complexity index is 1030. The summed E-state index contributed by atoms with van der Waals surface area (Å²) in [7, 11) is 0. The smallest absolute Gasteiger partial charge is 0.233 e. The van der Waals surface area contributed by atoms with Gasteiger partial charge in [-0.25, -0.2) is 0 Å². The van der Waals surface area contributed by atoms with Crippen LogP contribution >= 0.6 is 11.8 Å². The summed E-state index contributed by atoms with van der Waals surface area (Å²) in [5, 5.41) is 9.70. The van der Waals surface area contributed by atoms with Crippen LogP contribution in [0.4, 0.5) is 0 Å². The van der Waals surface area contributed by atoms with Crippen LogP contribution in [0.2, 0.25) is 0 Å². The normalized spacial score (nSPS) is 19.0. The zero-order valence-electron chi connectivity index (χ0n) is 18.3. The van der Waals surface area contributed by atoms with Crippen LogP contribution in [0, 0.1) is 0 Å². The first-order valence-electron chi connectivity index (χ1n) is 11.5. The number of para-hydroxylation sites is 1. The molecule has 2 saturated heterocycles. The Hall–Kier alpha value is -2.64. The van der Waals surface area contributed by atoms with Crippen molar-refractivity contribution in [3.05, 3.63) is 60.7 Å². The van der Waals surface area contributed by atoms with Gasteiger partial charge in [-0.2, -0.15) is 0 Å². The van der Waals surface area contributed by atoms with Crippen LogP contribution in [0.25, 0.3) is 17.1 Å². The van der Waals surface area contributed by atoms with E-state index in [4.69, 9.17) is 0 Å². The van der Waals surface area contributed by atoms with Gasteiger partial charge in [0.25, 0.3) is 0 Å². The summed E-state index contributed by atoms with van der Waals surface area (Å²) in [6, 6.07) is 20.6. The largest absolute Gasteiger partial charge is 0.338 e. The lowest BCUT2D eigenvalue weighted by molar-refractivity contribution is -0.129. The molecule has 1 aromatic heterocycles. The quantitative estimate of drug-likeness (QED) is 0.510. The molecule has 3 heterocycles. The van der Waals surface area contributed by atoms with Crippen LogP contribution in [0.1, 0.15) is 25.7 Å². The first-order chi connectivity index (χ1) is 15.8. The van der Waals surface area contributed by atoms with Crippen LogP contribution in [0.3, 0.4) is 0 Å². The molecule has 1 amide bonds. The third kappa shape index (κ3) is 4.59. The Morgan fingerprint density at radius 2 is 1.62 bits per heavy atom. The second-order valence-electron chi connectivity index (χ2n) is 8.52. The Labute approximate surface area is 193 Å². The van der Waals surface area contributed by atoms with Gasteiger partial charge >= 0.3 is 0 Å². The molecule has 3 aromatic rings. The van der Waals surface area contributed by atoms with E-state index in [-0.39, 0.29) is 5.91 Å². The first-order valence-corrected chi connectivity index (χ1v) is 12.5. The van der Waals surface area contributed by atoms with Crippen molar-refractivity contribution < 1.29 is 4.79 Å². The molecule has 1 unspecified atom stereocenters. The number of benzene rings is 2. The Balaban J connectivity index is 1.33. The van der Waals surface area contributed by atoms with Gasteiger partial charge in [0.15, 0.2) is 11.0 Å². The van der Waals surface area contributed by atoms with Crippen molar-refractivity contribution in [2.75, 3.05) is 31.9 Å². The molecule has 1 atom stereocenters.